The van der Waals surface area contributed by atoms with Gasteiger partial charge in [0.15, 0.2) is 5.78 Å². The van der Waals surface area contributed by atoms with Crippen molar-refractivity contribution >= 4 is 5.78 Å². The summed E-state index contributed by atoms with van der Waals surface area (Å²) in [4.78, 5) is 11.5. The van der Waals surface area contributed by atoms with E-state index in [1.165, 1.54) is 12.8 Å². The van der Waals surface area contributed by atoms with E-state index in [2.05, 4.69) is 32.1 Å². The van der Waals surface area contributed by atoms with Crippen molar-refractivity contribution in [2.75, 3.05) is 0 Å². The molecule has 0 radical (unpaired) electrons. The topological polar surface area (TPSA) is 17.1 Å². The number of ketones is 1. The number of Topliss-reactive ketones (excluding diaryl/α,β-unsaturated/α-hetero) is 1. The highest BCUT2D eigenvalue weighted by Gasteiger charge is 2.41. The van der Waals surface area contributed by atoms with Crippen LogP contribution < -0.4 is 0 Å². The quantitative estimate of drug-likeness (QED) is 0.642. The maximum Gasteiger partial charge on any atom is 0.155 e. The first kappa shape index (κ1) is 11.6. The van der Waals surface area contributed by atoms with Gasteiger partial charge in [0.2, 0.25) is 0 Å². The van der Waals surface area contributed by atoms with E-state index >= 15 is 0 Å². The highest BCUT2D eigenvalue weighted by Crippen LogP contribution is 2.50. The zero-order chi connectivity index (χ0) is 11.8. The van der Waals surface area contributed by atoms with Crippen LogP contribution in [0.3, 0.4) is 0 Å². The van der Waals surface area contributed by atoms with Crippen LogP contribution in [0.5, 0.6) is 0 Å². The van der Waals surface area contributed by atoms with Crippen molar-refractivity contribution in [1.29, 1.82) is 0 Å². The Morgan fingerprint density at radius 1 is 1.56 bits per heavy atom. The first-order chi connectivity index (χ1) is 7.58. The molecule has 0 aromatic heterocycles. The molecular formula is C15H22O. The zero-order valence-electron chi connectivity index (χ0n) is 10.6. The zero-order valence-corrected chi connectivity index (χ0v) is 10.6. The summed E-state index contributed by atoms with van der Waals surface area (Å²) in [5.74, 6) is 1.62. The van der Waals surface area contributed by atoms with Gasteiger partial charge in [-0.25, -0.2) is 0 Å². The number of carbonyl (C=O) groups excluding carboxylic acids is 1. The molecule has 2 rings (SSSR count). The molecule has 16 heavy (non-hydrogen) atoms. The maximum absolute atomic E-state index is 11.5. The third-order valence-corrected chi connectivity index (χ3v) is 4.62. The van der Waals surface area contributed by atoms with Gasteiger partial charge >= 0.3 is 0 Å². The molecule has 2 aliphatic rings. The van der Waals surface area contributed by atoms with Gasteiger partial charge in [-0.1, -0.05) is 38.5 Å². The van der Waals surface area contributed by atoms with Crippen molar-refractivity contribution in [2.45, 2.75) is 46.5 Å². The Kier molecular flexibility index (Phi) is 3.05. The molecular weight excluding hydrogens is 196 g/mol. The average Bonchev–Trinajstić information content (AvgIpc) is 2.26. The fourth-order valence-corrected chi connectivity index (χ4v) is 3.45. The van der Waals surface area contributed by atoms with E-state index in [9.17, 15) is 4.79 Å². The molecule has 0 spiro atoms. The van der Waals surface area contributed by atoms with Crippen molar-refractivity contribution in [1.82, 2.24) is 0 Å². The van der Waals surface area contributed by atoms with Gasteiger partial charge in [0.1, 0.15) is 0 Å². The van der Waals surface area contributed by atoms with Gasteiger partial charge in [-0.05, 0) is 49.0 Å². The number of fused-ring (bicyclic) bond motifs is 1. The highest BCUT2D eigenvalue weighted by molar-refractivity contribution is 5.93. The monoisotopic (exact) mass is 218 g/mol. The van der Waals surface area contributed by atoms with Crippen LogP contribution in [0.1, 0.15) is 46.5 Å². The second kappa shape index (κ2) is 4.20. The maximum atomic E-state index is 11.5. The van der Waals surface area contributed by atoms with Gasteiger partial charge in [0.05, 0.1) is 0 Å². The Balaban J connectivity index is 2.37. The van der Waals surface area contributed by atoms with E-state index in [1.807, 2.05) is 0 Å². The second-order valence-electron chi connectivity index (χ2n) is 5.51. The Labute approximate surface area is 98.6 Å². The van der Waals surface area contributed by atoms with Gasteiger partial charge in [-0.2, -0.15) is 0 Å². The van der Waals surface area contributed by atoms with Gasteiger partial charge in [0, 0.05) is 0 Å². The Hall–Kier alpha value is -0.850. The van der Waals surface area contributed by atoms with Crippen LogP contribution in [-0.4, -0.2) is 5.78 Å². The summed E-state index contributed by atoms with van der Waals surface area (Å²) in [6.07, 6.45) is 11.5. The van der Waals surface area contributed by atoms with Crippen molar-refractivity contribution < 1.29 is 4.79 Å². The molecule has 0 bridgehead atoms. The summed E-state index contributed by atoms with van der Waals surface area (Å²) < 4.78 is 0. The fraction of sp³-hybridized carbons (Fsp3) is 0.667. The molecule has 0 saturated carbocycles. The minimum Gasteiger partial charge on any atom is -0.295 e. The molecule has 88 valence electrons. The second-order valence-corrected chi connectivity index (χ2v) is 5.51. The minimum absolute atomic E-state index is 0.225. The first-order valence-corrected chi connectivity index (χ1v) is 6.47. The number of rotatable bonds is 2. The molecule has 2 aliphatic carbocycles. The van der Waals surface area contributed by atoms with Gasteiger partial charge < -0.3 is 0 Å². The van der Waals surface area contributed by atoms with E-state index in [0.29, 0.717) is 11.8 Å². The van der Waals surface area contributed by atoms with E-state index in [0.717, 1.165) is 18.4 Å². The predicted octanol–water partition coefficient (Wildman–Crippen LogP) is 3.90. The van der Waals surface area contributed by atoms with Crippen molar-refractivity contribution in [3.63, 3.8) is 0 Å². The van der Waals surface area contributed by atoms with Gasteiger partial charge in [0.25, 0.3) is 0 Å². The van der Waals surface area contributed by atoms with Crippen LogP contribution in [0.2, 0.25) is 0 Å². The van der Waals surface area contributed by atoms with E-state index < -0.39 is 0 Å². The molecule has 1 heteroatoms. The standard InChI is InChI=1S/C15H22O/c1-4-13-6-5-7-14-9-8-12(11(2)16)10-15(13,14)3/h5,7,10,13-14H,4,6,8-9H2,1-3H3/t13-,14+,15+/m1/s1. The summed E-state index contributed by atoms with van der Waals surface area (Å²) in [5, 5.41) is 0. The highest BCUT2D eigenvalue weighted by atomic mass is 16.1. The van der Waals surface area contributed by atoms with E-state index in [-0.39, 0.29) is 11.2 Å². The molecule has 0 aliphatic heterocycles. The third-order valence-electron chi connectivity index (χ3n) is 4.62. The molecule has 0 fully saturated rings. The first-order valence-electron chi connectivity index (χ1n) is 6.47. The summed E-state index contributed by atoms with van der Waals surface area (Å²) in [6, 6.07) is 0. The molecule has 0 heterocycles. The lowest BCUT2D eigenvalue weighted by atomic mass is 9.58. The molecule has 1 nitrogen and oxygen atoms in total. The van der Waals surface area contributed by atoms with Crippen LogP contribution in [0, 0.1) is 17.3 Å². The van der Waals surface area contributed by atoms with Crippen LogP contribution in [0.15, 0.2) is 23.8 Å². The summed E-state index contributed by atoms with van der Waals surface area (Å²) >= 11 is 0. The average molecular weight is 218 g/mol. The van der Waals surface area contributed by atoms with Crippen molar-refractivity contribution in [3.8, 4) is 0 Å². The molecule has 0 unspecified atom stereocenters. The minimum atomic E-state index is 0.225. The molecule has 0 saturated heterocycles. The number of carbonyl (C=O) groups is 1. The van der Waals surface area contributed by atoms with E-state index in [1.54, 1.807) is 6.92 Å². The van der Waals surface area contributed by atoms with Crippen LogP contribution in [0.4, 0.5) is 0 Å². The Morgan fingerprint density at radius 2 is 2.31 bits per heavy atom. The lowest BCUT2D eigenvalue weighted by Gasteiger charge is -2.46. The number of hydrogen-bond acceptors (Lipinski definition) is 1. The lowest BCUT2D eigenvalue weighted by molar-refractivity contribution is -0.114. The Morgan fingerprint density at radius 3 is 2.94 bits per heavy atom. The normalized spacial score (nSPS) is 37.8. The molecule has 3 atom stereocenters. The van der Waals surface area contributed by atoms with Gasteiger partial charge in [-0.15, -0.1) is 0 Å². The van der Waals surface area contributed by atoms with Crippen molar-refractivity contribution in [2.24, 2.45) is 17.3 Å². The number of hydrogen-bond donors (Lipinski definition) is 0. The largest absolute Gasteiger partial charge is 0.295 e. The molecule has 0 amide bonds. The fourth-order valence-electron chi connectivity index (χ4n) is 3.45. The summed E-state index contributed by atoms with van der Waals surface area (Å²) in [7, 11) is 0. The smallest absolute Gasteiger partial charge is 0.155 e. The van der Waals surface area contributed by atoms with Crippen LogP contribution >= 0.6 is 0 Å². The SMILES string of the molecule is CC[C@@H]1CC=C[C@H]2CCC(C(C)=O)=C[C@@]12C. The molecule has 0 N–H and O–H groups in total. The van der Waals surface area contributed by atoms with Crippen LogP contribution in [-0.2, 0) is 4.79 Å². The molecule has 0 aromatic carbocycles. The lowest BCUT2D eigenvalue weighted by Crippen LogP contribution is -2.37. The molecule has 0 aromatic rings. The summed E-state index contributed by atoms with van der Waals surface area (Å²) in [6.45, 7) is 6.31. The predicted molar refractivity (Wildman–Crippen MR) is 67.1 cm³/mol. The Bertz CT molecular complexity index is 350. The van der Waals surface area contributed by atoms with E-state index in [4.69, 9.17) is 0 Å². The van der Waals surface area contributed by atoms with Gasteiger partial charge in [-0.3, -0.25) is 4.79 Å². The number of allylic oxidation sites excluding steroid dienone is 4. The third kappa shape index (κ3) is 1.77. The summed E-state index contributed by atoms with van der Waals surface area (Å²) in [5.41, 5.74) is 1.29. The van der Waals surface area contributed by atoms with Crippen molar-refractivity contribution in [3.05, 3.63) is 23.8 Å². The van der Waals surface area contributed by atoms with Crippen LogP contribution in [0.25, 0.3) is 0 Å².